The summed E-state index contributed by atoms with van der Waals surface area (Å²) in [6, 6.07) is 2.78. The minimum absolute atomic E-state index is 0.279. The van der Waals surface area contributed by atoms with Crippen molar-refractivity contribution >= 4 is 0 Å². The van der Waals surface area contributed by atoms with Crippen molar-refractivity contribution in [2.24, 2.45) is 11.8 Å². The Labute approximate surface area is 154 Å². The van der Waals surface area contributed by atoms with Crippen molar-refractivity contribution in [2.75, 3.05) is 7.11 Å². The van der Waals surface area contributed by atoms with E-state index in [-0.39, 0.29) is 5.56 Å². The van der Waals surface area contributed by atoms with Gasteiger partial charge in [0, 0.05) is 19.6 Å². The van der Waals surface area contributed by atoms with Crippen molar-refractivity contribution < 1.29 is 35.8 Å². The van der Waals surface area contributed by atoms with Crippen LogP contribution >= 0.6 is 0 Å². The topological polar surface area (TPSA) is 18.5 Å². The summed E-state index contributed by atoms with van der Waals surface area (Å²) < 4.78 is 90.1. The Bertz CT molecular complexity index is 609. The summed E-state index contributed by atoms with van der Waals surface area (Å²) in [5.74, 6) is -1.95. The number of alkyl halides is 5. The van der Waals surface area contributed by atoms with Gasteiger partial charge in [-0.15, -0.1) is 0 Å². The summed E-state index contributed by atoms with van der Waals surface area (Å²) in [7, 11) is 0.876. The Morgan fingerprint density at radius 1 is 1.07 bits per heavy atom. The maximum absolute atomic E-state index is 14.4. The summed E-state index contributed by atoms with van der Waals surface area (Å²) >= 11 is 0. The van der Waals surface area contributed by atoms with Gasteiger partial charge in [-0.1, -0.05) is 19.4 Å². The van der Waals surface area contributed by atoms with Crippen LogP contribution in [0.1, 0.15) is 44.6 Å². The Morgan fingerprint density at radius 3 is 2.19 bits per heavy atom. The van der Waals surface area contributed by atoms with Crippen LogP contribution in [-0.2, 0) is 11.2 Å². The lowest BCUT2D eigenvalue weighted by molar-refractivity contribution is -0.223. The fourth-order valence-corrected chi connectivity index (χ4v) is 3.44. The van der Waals surface area contributed by atoms with Crippen LogP contribution in [0.5, 0.6) is 5.75 Å². The van der Waals surface area contributed by atoms with E-state index in [0.29, 0.717) is 37.7 Å². The minimum atomic E-state index is -4.65. The molecule has 27 heavy (non-hydrogen) atoms. The minimum Gasteiger partial charge on any atom is -0.432 e. The van der Waals surface area contributed by atoms with Gasteiger partial charge < -0.3 is 9.47 Å². The van der Waals surface area contributed by atoms with Gasteiger partial charge in [-0.3, -0.25) is 0 Å². The highest BCUT2D eigenvalue weighted by molar-refractivity contribution is 5.30. The van der Waals surface area contributed by atoms with Crippen LogP contribution in [0.25, 0.3) is 0 Å². The fourth-order valence-electron chi connectivity index (χ4n) is 3.44. The number of benzene rings is 1. The van der Waals surface area contributed by atoms with Crippen molar-refractivity contribution in [3.63, 3.8) is 0 Å². The number of ether oxygens (including phenoxy) is 2. The largest absolute Gasteiger partial charge is 0.432 e. The molecule has 0 aromatic heterocycles. The molecule has 1 fully saturated rings. The summed E-state index contributed by atoms with van der Waals surface area (Å²) in [6.07, 6.45) is -8.02. The predicted octanol–water partition coefficient (Wildman–Crippen LogP) is 6.13. The van der Waals surface area contributed by atoms with Crippen molar-refractivity contribution in [2.45, 2.75) is 63.8 Å². The third kappa shape index (κ3) is 5.77. The number of methoxy groups -OCH3 is 1. The lowest BCUT2D eigenvalue weighted by atomic mass is 9.80. The molecule has 0 bridgehead atoms. The summed E-state index contributed by atoms with van der Waals surface area (Å²) in [5.41, 5.74) is -0.279. The van der Waals surface area contributed by atoms with Gasteiger partial charge in [0.15, 0.2) is 6.10 Å². The van der Waals surface area contributed by atoms with Gasteiger partial charge >= 0.3 is 12.3 Å². The SMILES string of the molecule is CCC1CCC(C(F)(F)Oc2ccc(CC(OC)C(F)(F)F)c(F)c2)CC1. The molecule has 0 heterocycles. The third-order valence-corrected chi connectivity index (χ3v) is 5.23. The van der Waals surface area contributed by atoms with E-state index < -0.39 is 42.3 Å². The Kier molecular flexibility index (Phi) is 7.05. The smallest absolute Gasteiger partial charge is 0.414 e. The van der Waals surface area contributed by atoms with Crippen molar-refractivity contribution in [3.8, 4) is 5.75 Å². The molecular formula is C19H24F6O2. The molecule has 1 atom stereocenters. The van der Waals surface area contributed by atoms with Crippen molar-refractivity contribution in [1.82, 2.24) is 0 Å². The zero-order valence-corrected chi connectivity index (χ0v) is 15.3. The Morgan fingerprint density at radius 2 is 1.70 bits per heavy atom. The molecule has 1 unspecified atom stereocenters. The van der Waals surface area contributed by atoms with E-state index in [1.54, 1.807) is 0 Å². The lowest BCUT2D eigenvalue weighted by Crippen LogP contribution is -2.37. The van der Waals surface area contributed by atoms with E-state index in [1.165, 1.54) is 0 Å². The van der Waals surface area contributed by atoms with Crippen molar-refractivity contribution in [1.29, 1.82) is 0 Å². The second-order valence-electron chi connectivity index (χ2n) is 7.01. The van der Waals surface area contributed by atoms with Gasteiger partial charge in [0.05, 0.1) is 5.92 Å². The van der Waals surface area contributed by atoms with Gasteiger partial charge in [-0.2, -0.15) is 22.0 Å². The van der Waals surface area contributed by atoms with Crippen LogP contribution in [0.3, 0.4) is 0 Å². The van der Waals surface area contributed by atoms with E-state index in [2.05, 4.69) is 4.74 Å². The first-order valence-electron chi connectivity index (χ1n) is 9.01. The number of hydrogen-bond acceptors (Lipinski definition) is 2. The highest BCUT2D eigenvalue weighted by Crippen LogP contribution is 2.41. The monoisotopic (exact) mass is 398 g/mol. The van der Waals surface area contributed by atoms with Gasteiger partial charge in [-0.25, -0.2) is 4.39 Å². The van der Waals surface area contributed by atoms with E-state index in [1.807, 2.05) is 6.92 Å². The van der Waals surface area contributed by atoms with Crippen LogP contribution in [0.2, 0.25) is 0 Å². The molecule has 1 aliphatic carbocycles. The molecule has 1 saturated carbocycles. The number of halogens is 6. The molecule has 0 radical (unpaired) electrons. The number of hydrogen-bond donors (Lipinski definition) is 0. The molecule has 0 spiro atoms. The van der Waals surface area contributed by atoms with Crippen LogP contribution in [0, 0.1) is 17.7 Å². The normalized spacial score (nSPS) is 22.5. The first-order valence-corrected chi connectivity index (χ1v) is 9.01. The third-order valence-electron chi connectivity index (χ3n) is 5.23. The molecule has 1 aromatic carbocycles. The fraction of sp³-hybridized carbons (Fsp3) is 0.684. The van der Waals surface area contributed by atoms with Gasteiger partial charge in [0.1, 0.15) is 11.6 Å². The highest BCUT2D eigenvalue weighted by Gasteiger charge is 2.44. The molecule has 0 N–H and O–H groups in total. The van der Waals surface area contributed by atoms with E-state index in [4.69, 9.17) is 4.74 Å². The van der Waals surface area contributed by atoms with Crippen molar-refractivity contribution in [3.05, 3.63) is 29.6 Å². The van der Waals surface area contributed by atoms with Gasteiger partial charge in [0.25, 0.3) is 0 Å². The first kappa shape index (κ1) is 21.9. The molecule has 0 saturated heterocycles. The molecule has 2 nitrogen and oxygen atoms in total. The molecule has 1 aromatic rings. The molecule has 0 amide bonds. The molecule has 0 aliphatic heterocycles. The Hall–Kier alpha value is -1.44. The molecule has 1 aliphatic rings. The van der Waals surface area contributed by atoms with E-state index in [0.717, 1.165) is 25.7 Å². The maximum atomic E-state index is 14.4. The average Bonchev–Trinajstić information content (AvgIpc) is 2.59. The lowest BCUT2D eigenvalue weighted by Gasteiger charge is -2.33. The Balaban J connectivity index is 2.04. The van der Waals surface area contributed by atoms with Gasteiger partial charge in [0.2, 0.25) is 0 Å². The van der Waals surface area contributed by atoms with Crippen LogP contribution in [0.4, 0.5) is 26.3 Å². The first-order chi connectivity index (χ1) is 12.6. The summed E-state index contributed by atoms with van der Waals surface area (Å²) in [5, 5.41) is 0. The highest BCUT2D eigenvalue weighted by atomic mass is 19.4. The number of rotatable bonds is 7. The zero-order chi connectivity index (χ0) is 20.2. The van der Waals surface area contributed by atoms with Gasteiger partial charge in [-0.05, 0) is 43.2 Å². The summed E-state index contributed by atoms with van der Waals surface area (Å²) in [4.78, 5) is 0. The van der Waals surface area contributed by atoms with E-state index in [9.17, 15) is 26.3 Å². The zero-order valence-electron chi connectivity index (χ0n) is 15.3. The molecule has 8 heteroatoms. The molecular weight excluding hydrogens is 374 g/mol. The van der Waals surface area contributed by atoms with Crippen LogP contribution in [0.15, 0.2) is 18.2 Å². The quantitative estimate of drug-likeness (QED) is 0.514. The average molecular weight is 398 g/mol. The maximum Gasteiger partial charge on any atom is 0.414 e. The summed E-state index contributed by atoms with van der Waals surface area (Å²) in [6.45, 7) is 2.02. The second-order valence-corrected chi connectivity index (χ2v) is 7.01. The standard InChI is InChI=1S/C19H24F6O2/c1-3-12-4-7-14(8-5-12)19(24,25)27-15-9-6-13(16(20)11-15)10-17(26-2)18(21,22)23/h6,9,11-12,14,17H,3-5,7-8,10H2,1-2H3. The molecule has 154 valence electrons. The van der Waals surface area contributed by atoms with Crippen LogP contribution in [-0.4, -0.2) is 25.5 Å². The molecule has 2 rings (SSSR count). The predicted molar refractivity (Wildman–Crippen MR) is 88.3 cm³/mol. The second kappa shape index (κ2) is 8.71. The van der Waals surface area contributed by atoms with Crippen LogP contribution < -0.4 is 4.74 Å². The van der Waals surface area contributed by atoms with E-state index >= 15 is 0 Å².